The van der Waals surface area contributed by atoms with Crippen molar-refractivity contribution in [1.82, 2.24) is 0 Å². The normalized spacial score (nSPS) is 10.2. The van der Waals surface area contributed by atoms with E-state index in [9.17, 15) is 9.18 Å². The monoisotopic (exact) mass is 371 g/mol. The highest BCUT2D eigenvalue weighted by Gasteiger charge is 2.12. The molecular weight excluding hydrogens is 360 g/mol. The van der Waals surface area contributed by atoms with Gasteiger partial charge in [-0.05, 0) is 52.9 Å². The number of carbonyl (C=O) groups excluding carboxylic acids is 1. The van der Waals surface area contributed by atoms with E-state index >= 15 is 0 Å². The molecule has 0 bridgehead atoms. The highest BCUT2D eigenvalue weighted by Crippen LogP contribution is 2.29. The molecule has 0 saturated heterocycles. The molecule has 0 atom stereocenters. The van der Waals surface area contributed by atoms with Gasteiger partial charge in [-0.3, -0.25) is 4.79 Å². The molecule has 0 aliphatic rings. The maximum atomic E-state index is 13.0. The average molecular weight is 371 g/mol. The van der Waals surface area contributed by atoms with Crippen molar-refractivity contribution < 1.29 is 9.18 Å². The van der Waals surface area contributed by atoms with Crippen molar-refractivity contribution in [2.45, 2.75) is 0 Å². The Morgan fingerprint density at radius 1 is 1.26 bits per heavy atom. The van der Waals surface area contributed by atoms with Gasteiger partial charge < -0.3 is 16.8 Å². The molecule has 6 heteroatoms. The number of halogens is 2. The van der Waals surface area contributed by atoms with E-state index in [1.807, 2.05) is 22.6 Å². The van der Waals surface area contributed by atoms with Gasteiger partial charge in [0.1, 0.15) is 5.82 Å². The van der Waals surface area contributed by atoms with Crippen LogP contribution in [0.15, 0.2) is 36.4 Å². The molecule has 0 heterocycles. The summed E-state index contributed by atoms with van der Waals surface area (Å²) in [4.78, 5) is 11.4. The fraction of sp³-hybridized carbons (Fsp3) is 0. The topological polar surface area (TPSA) is 81.1 Å². The van der Waals surface area contributed by atoms with Gasteiger partial charge in [0.25, 0.3) is 5.91 Å². The van der Waals surface area contributed by atoms with Gasteiger partial charge in [0.15, 0.2) is 0 Å². The first-order valence-electron chi connectivity index (χ1n) is 5.39. The van der Waals surface area contributed by atoms with E-state index in [0.29, 0.717) is 26.2 Å². The fourth-order valence-corrected chi connectivity index (χ4v) is 2.25. The molecule has 0 fully saturated rings. The van der Waals surface area contributed by atoms with Gasteiger partial charge in [0, 0.05) is 3.57 Å². The Morgan fingerprint density at radius 3 is 2.63 bits per heavy atom. The van der Waals surface area contributed by atoms with Crippen LogP contribution in [0.5, 0.6) is 0 Å². The molecule has 1 amide bonds. The van der Waals surface area contributed by atoms with Gasteiger partial charge in [0.2, 0.25) is 0 Å². The van der Waals surface area contributed by atoms with Gasteiger partial charge in [-0.2, -0.15) is 0 Å². The van der Waals surface area contributed by atoms with Crippen LogP contribution in [0, 0.1) is 9.39 Å². The summed E-state index contributed by atoms with van der Waals surface area (Å²) in [6.45, 7) is 0. The Balaban J connectivity index is 2.46. The van der Waals surface area contributed by atoms with Crippen LogP contribution in [-0.4, -0.2) is 5.91 Å². The standard InChI is InChI=1S/C13H11FIN3O/c14-7-4-5-11(9(15)6-7)18-12-8(13(17)19)2-1-3-10(12)16/h1-6,18H,16H2,(H2,17,19). The third-order valence-corrected chi connectivity index (χ3v) is 3.45. The number of nitrogens with one attached hydrogen (secondary N) is 1. The first-order valence-corrected chi connectivity index (χ1v) is 6.47. The molecule has 0 aromatic heterocycles. The summed E-state index contributed by atoms with van der Waals surface area (Å²) in [5, 5.41) is 3.02. The Kier molecular flexibility index (Phi) is 3.89. The minimum Gasteiger partial charge on any atom is -0.397 e. The third-order valence-electron chi connectivity index (χ3n) is 2.55. The van der Waals surface area contributed by atoms with Crippen LogP contribution >= 0.6 is 22.6 Å². The molecule has 0 saturated carbocycles. The number of carbonyl (C=O) groups is 1. The van der Waals surface area contributed by atoms with E-state index in [2.05, 4.69) is 5.32 Å². The predicted octanol–water partition coefficient (Wildman–Crippen LogP) is 2.86. The number of hydrogen-bond donors (Lipinski definition) is 3. The molecule has 2 rings (SSSR count). The molecule has 2 aromatic carbocycles. The lowest BCUT2D eigenvalue weighted by Crippen LogP contribution is -2.14. The highest BCUT2D eigenvalue weighted by atomic mass is 127. The molecule has 4 nitrogen and oxygen atoms in total. The van der Waals surface area contributed by atoms with Crippen molar-refractivity contribution in [3.63, 3.8) is 0 Å². The average Bonchev–Trinajstić information content (AvgIpc) is 2.34. The van der Waals surface area contributed by atoms with E-state index in [1.165, 1.54) is 12.1 Å². The van der Waals surface area contributed by atoms with Crippen molar-refractivity contribution in [2.24, 2.45) is 5.73 Å². The number of nitrogen functional groups attached to an aromatic ring is 1. The summed E-state index contributed by atoms with van der Waals surface area (Å²) in [7, 11) is 0. The zero-order chi connectivity index (χ0) is 14.0. The van der Waals surface area contributed by atoms with Gasteiger partial charge >= 0.3 is 0 Å². The second-order valence-electron chi connectivity index (χ2n) is 3.88. The van der Waals surface area contributed by atoms with Gasteiger partial charge in [-0.15, -0.1) is 0 Å². The van der Waals surface area contributed by atoms with E-state index in [1.54, 1.807) is 24.3 Å². The molecule has 5 N–H and O–H groups in total. The molecule has 0 aliphatic carbocycles. The minimum atomic E-state index is -0.577. The van der Waals surface area contributed by atoms with Crippen LogP contribution in [0.1, 0.15) is 10.4 Å². The Bertz CT molecular complexity index is 646. The number of anilines is 3. The third kappa shape index (κ3) is 2.95. The number of hydrogen-bond acceptors (Lipinski definition) is 3. The maximum Gasteiger partial charge on any atom is 0.250 e. The first-order chi connectivity index (χ1) is 8.99. The van der Waals surface area contributed by atoms with E-state index in [0.717, 1.165) is 0 Å². The molecule has 0 radical (unpaired) electrons. The zero-order valence-electron chi connectivity index (χ0n) is 9.78. The van der Waals surface area contributed by atoms with Gasteiger partial charge in [0.05, 0.1) is 22.6 Å². The van der Waals surface area contributed by atoms with Gasteiger partial charge in [-0.25, -0.2) is 4.39 Å². The van der Waals surface area contributed by atoms with Crippen LogP contribution in [0.25, 0.3) is 0 Å². The van der Waals surface area contributed by atoms with Crippen LogP contribution in [0.3, 0.4) is 0 Å². The Morgan fingerprint density at radius 2 is 2.00 bits per heavy atom. The summed E-state index contributed by atoms with van der Waals surface area (Å²) in [5.41, 5.74) is 12.9. The minimum absolute atomic E-state index is 0.292. The lowest BCUT2D eigenvalue weighted by atomic mass is 10.1. The molecule has 2 aromatic rings. The number of primary amides is 1. The van der Waals surface area contributed by atoms with Crippen molar-refractivity contribution in [2.75, 3.05) is 11.1 Å². The second-order valence-corrected chi connectivity index (χ2v) is 5.05. The number of nitrogens with two attached hydrogens (primary N) is 2. The first kappa shape index (κ1) is 13.6. The second kappa shape index (κ2) is 5.43. The quantitative estimate of drug-likeness (QED) is 0.573. The number of rotatable bonds is 3. The largest absolute Gasteiger partial charge is 0.397 e. The smallest absolute Gasteiger partial charge is 0.250 e. The molecular formula is C13H11FIN3O. The zero-order valence-corrected chi connectivity index (χ0v) is 11.9. The Hall–Kier alpha value is -1.83. The lowest BCUT2D eigenvalue weighted by molar-refractivity contribution is 0.100. The number of benzene rings is 2. The molecule has 0 spiro atoms. The number of para-hydroxylation sites is 1. The summed E-state index contributed by atoms with van der Waals surface area (Å²) in [6.07, 6.45) is 0. The molecule has 98 valence electrons. The molecule has 19 heavy (non-hydrogen) atoms. The SMILES string of the molecule is NC(=O)c1cccc(N)c1Nc1ccc(F)cc1I. The Labute approximate surface area is 123 Å². The van der Waals surface area contributed by atoms with Crippen molar-refractivity contribution in [3.8, 4) is 0 Å². The number of amides is 1. The van der Waals surface area contributed by atoms with Crippen LogP contribution in [-0.2, 0) is 0 Å². The van der Waals surface area contributed by atoms with Crippen molar-refractivity contribution >= 4 is 45.6 Å². The maximum absolute atomic E-state index is 13.0. The van der Waals surface area contributed by atoms with Gasteiger partial charge in [-0.1, -0.05) is 6.07 Å². The lowest BCUT2D eigenvalue weighted by Gasteiger charge is -2.14. The van der Waals surface area contributed by atoms with Crippen LogP contribution in [0.2, 0.25) is 0 Å². The summed E-state index contributed by atoms with van der Waals surface area (Å²) < 4.78 is 13.7. The van der Waals surface area contributed by atoms with E-state index in [4.69, 9.17) is 11.5 Å². The summed E-state index contributed by atoms with van der Waals surface area (Å²) in [6, 6.07) is 9.17. The van der Waals surface area contributed by atoms with Crippen molar-refractivity contribution in [1.29, 1.82) is 0 Å². The van der Waals surface area contributed by atoms with Crippen LogP contribution in [0.4, 0.5) is 21.5 Å². The van der Waals surface area contributed by atoms with Crippen molar-refractivity contribution in [3.05, 3.63) is 51.3 Å². The fourth-order valence-electron chi connectivity index (χ4n) is 1.64. The van der Waals surface area contributed by atoms with E-state index < -0.39 is 5.91 Å². The summed E-state index contributed by atoms with van der Waals surface area (Å²) >= 11 is 1.99. The predicted molar refractivity (Wildman–Crippen MR) is 81.8 cm³/mol. The van der Waals surface area contributed by atoms with Crippen LogP contribution < -0.4 is 16.8 Å². The van der Waals surface area contributed by atoms with E-state index in [-0.39, 0.29) is 5.82 Å². The molecule has 0 unspecified atom stereocenters. The summed E-state index contributed by atoms with van der Waals surface area (Å²) in [5.74, 6) is -0.905. The highest BCUT2D eigenvalue weighted by molar-refractivity contribution is 14.1. The molecule has 0 aliphatic heterocycles.